The van der Waals surface area contributed by atoms with Crippen molar-refractivity contribution in [2.45, 2.75) is 44.8 Å². The Bertz CT molecular complexity index is 925. The van der Waals surface area contributed by atoms with Crippen LogP contribution in [-0.4, -0.2) is 40.1 Å². The Morgan fingerprint density at radius 1 is 1.34 bits per heavy atom. The molecule has 0 bridgehead atoms. The summed E-state index contributed by atoms with van der Waals surface area (Å²) in [5, 5.41) is 8.48. The Kier molecular flexibility index (Phi) is 6.68. The lowest BCUT2D eigenvalue weighted by molar-refractivity contribution is -0.115. The number of anilines is 1. The van der Waals surface area contributed by atoms with Crippen LogP contribution in [0.15, 0.2) is 34.6 Å². The molecule has 1 aliphatic rings. The van der Waals surface area contributed by atoms with Gasteiger partial charge < -0.3 is 20.5 Å². The van der Waals surface area contributed by atoms with Gasteiger partial charge in [-0.2, -0.15) is 4.98 Å². The van der Waals surface area contributed by atoms with Gasteiger partial charge >= 0.3 is 0 Å². The van der Waals surface area contributed by atoms with Crippen molar-refractivity contribution >= 4 is 23.6 Å². The van der Waals surface area contributed by atoms with Gasteiger partial charge in [0, 0.05) is 11.4 Å². The maximum absolute atomic E-state index is 12.3. The zero-order valence-corrected chi connectivity index (χ0v) is 18.0. The predicted molar refractivity (Wildman–Crippen MR) is 113 cm³/mol. The van der Waals surface area contributed by atoms with E-state index in [4.69, 9.17) is 15.2 Å². The average Bonchev–Trinajstić information content (AvgIpc) is 3.09. The molecule has 1 unspecified atom stereocenters. The second kappa shape index (κ2) is 9.21. The van der Waals surface area contributed by atoms with E-state index in [2.05, 4.69) is 22.3 Å². The second-order valence-electron chi connectivity index (χ2n) is 6.64. The molecular weight excluding hydrogens is 390 g/mol. The van der Waals surface area contributed by atoms with Crippen LogP contribution in [0.3, 0.4) is 0 Å². The summed E-state index contributed by atoms with van der Waals surface area (Å²) in [6, 6.07) is 5.09. The van der Waals surface area contributed by atoms with Gasteiger partial charge in [-0.05, 0) is 38.0 Å². The third-order valence-electron chi connectivity index (χ3n) is 4.63. The molecule has 0 fully saturated rings. The van der Waals surface area contributed by atoms with Crippen molar-refractivity contribution in [1.29, 1.82) is 0 Å². The van der Waals surface area contributed by atoms with Crippen molar-refractivity contribution in [3.05, 3.63) is 35.0 Å². The standard InChI is InChI=1S/C20H27N5O3S/c1-5-7-10-29-20-23-19-22-12(3)16(18(21)26)17(25(19)24-20)13-8-9-14(28-6-2)15(11-13)27-4/h8-9,11,17H,5-7,10H2,1-4H3,(H2,21,26)(H,22,23,24). The topological polar surface area (TPSA) is 104 Å². The SMILES string of the molecule is CCCCSc1nc2n(n1)C(c1ccc(OCC)c(OC)c1)C(C(N)=O)=C(C)N2. The number of nitrogens with two attached hydrogens (primary N) is 1. The molecule has 1 aliphatic heterocycles. The quantitative estimate of drug-likeness (QED) is 0.476. The number of carbonyl (C=O) groups is 1. The smallest absolute Gasteiger partial charge is 0.248 e. The van der Waals surface area contributed by atoms with Crippen molar-refractivity contribution in [3.8, 4) is 11.5 Å². The largest absolute Gasteiger partial charge is 0.493 e. The molecule has 3 rings (SSSR count). The molecule has 0 radical (unpaired) electrons. The number of carbonyl (C=O) groups excluding carboxylic acids is 1. The summed E-state index contributed by atoms with van der Waals surface area (Å²) >= 11 is 1.60. The number of methoxy groups -OCH3 is 1. The number of fused-ring (bicyclic) bond motifs is 1. The number of unbranched alkanes of at least 4 members (excludes halogenated alkanes) is 1. The summed E-state index contributed by atoms with van der Waals surface area (Å²) in [5.74, 6) is 2.25. The lowest BCUT2D eigenvalue weighted by Gasteiger charge is -2.28. The molecular formula is C20H27N5O3S. The number of nitrogens with zero attached hydrogens (tertiary/aromatic N) is 3. The number of allylic oxidation sites excluding steroid dienone is 1. The monoisotopic (exact) mass is 417 g/mol. The lowest BCUT2D eigenvalue weighted by atomic mass is 9.95. The van der Waals surface area contributed by atoms with E-state index in [1.165, 1.54) is 0 Å². The molecule has 2 aromatic rings. The number of thioether (sulfide) groups is 1. The Balaban J connectivity index is 2.06. The van der Waals surface area contributed by atoms with Crippen LogP contribution in [0.4, 0.5) is 5.95 Å². The first-order valence-corrected chi connectivity index (χ1v) is 10.7. The number of aromatic nitrogens is 3. The van der Waals surface area contributed by atoms with Crippen LogP contribution in [0.2, 0.25) is 0 Å². The first kappa shape index (κ1) is 21.0. The third-order valence-corrected chi connectivity index (χ3v) is 5.55. The molecule has 8 nitrogen and oxygen atoms in total. The normalized spacial score (nSPS) is 15.7. The van der Waals surface area contributed by atoms with Crippen molar-refractivity contribution in [2.24, 2.45) is 5.73 Å². The molecule has 2 heterocycles. The number of nitrogens with one attached hydrogen (secondary N) is 1. The minimum atomic E-state index is -0.505. The summed E-state index contributed by atoms with van der Waals surface area (Å²) in [4.78, 5) is 16.9. The Morgan fingerprint density at radius 3 is 2.79 bits per heavy atom. The highest BCUT2D eigenvalue weighted by Crippen LogP contribution is 2.39. The second-order valence-corrected chi connectivity index (χ2v) is 7.70. The van der Waals surface area contributed by atoms with Crippen LogP contribution >= 0.6 is 11.8 Å². The number of hydrogen-bond acceptors (Lipinski definition) is 7. The van der Waals surface area contributed by atoms with Crippen LogP contribution in [-0.2, 0) is 4.79 Å². The Hall–Kier alpha value is -2.68. The van der Waals surface area contributed by atoms with Crippen molar-refractivity contribution in [2.75, 3.05) is 24.8 Å². The van der Waals surface area contributed by atoms with Crippen molar-refractivity contribution in [3.63, 3.8) is 0 Å². The Labute approximate surface area is 174 Å². The minimum Gasteiger partial charge on any atom is -0.493 e. The number of benzene rings is 1. The molecule has 29 heavy (non-hydrogen) atoms. The molecule has 0 spiro atoms. The predicted octanol–water partition coefficient (Wildman–Crippen LogP) is 3.35. The number of rotatable bonds is 9. The fourth-order valence-corrected chi connectivity index (χ4v) is 4.17. The van der Waals surface area contributed by atoms with Gasteiger partial charge in [-0.1, -0.05) is 31.2 Å². The molecule has 3 N–H and O–H groups in total. The van der Waals surface area contributed by atoms with E-state index < -0.39 is 11.9 Å². The van der Waals surface area contributed by atoms with Gasteiger partial charge in [0.1, 0.15) is 6.04 Å². The zero-order valence-electron chi connectivity index (χ0n) is 17.2. The van der Waals surface area contributed by atoms with Gasteiger partial charge in [-0.25, -0.2) is 4.68 Å². The molecule has 1 atom stereocenters. The van der Waals surface area contributed by atoms with Crippen LogP contribution in [0.1, 0.15) is 45.2 Å². The first-order chi connectivity index (χ1) is 14.0. The Morgan fingerprint density at radius 2 is 2.14 bits per heavy atom. The maximum atomic E-state index is 12.3. The van der Waals surface area contributed by atoms with Crippen LogP contribution in [0.5, 0.6) is 11.5 Å². The van der Waals surface area contributed by atoms with E-state index >= 15 is 0 Å². The highest BCUT2D eigenvalue weighted by Gasteiger charge is 2.33. The summed E-state index contributed by atoms with van der Waals surface area (Å²) in [6.07, 6.45) is 2.20. The van der Waals surface area contributed by atoms with E-state index in [-0.39, 0.29) is 0 Å². The lowest BCUT2D eigenvalue weighted by Crippen LogP contribution is -2.31. The summed E-state index contributed by atoms with van der Waals surface area (Å²) < 4.78 is 12.8. The van der Waals surface area contributed by atoms with Crippen LogP contribution in [0, 0.1) is 0 Å². The minimum absolute atomic E-state index is 0.443. The van der Waals surface area contributed by atoms with E-state index in [0.29, 0.717) is 40.5 Å². The van der Waals surface area contributed by atoms with Gasteiger partial charge in [0.2, 0.25) is 17.0 Å². The highest BCUT2D eigenvalue weighted by molar-refractivity contribution is 7.99. The molecule has 0 saturated carbocycles. The average molecular weight is 418 g/mol. The summed E-state index contributed by atoms with van der Waals surface area (Å²) in [5.41, 5.74) is 7.66. The van der Waals surface area contributed by atoms with Crippen LogP contribution in [0.25, 0.3) is 0 Å². The summed E-state index contributed by atoms with van der Waals surface area (Å²) in [6.45, 7) is 6.41. The van der Waals surface area contributed by atoms with E-state index in [1.807, 2.05) is 32.0 Å². The van der Waals surface area contributed by atoms with Gasteiger partial charge in [-0.3, -0.25) is 4.79 Å². The van der Waals surface area contributed by atoms with Gasteiger partial charge in [0.25, 0.3) is 0 Å². The van der Waals surface area contributed by atoms with E-state index in [1.54, 1.807) is 23.6 Å². The third kappa shape index (κ3) is 4.34. The molecule has 0 saturated heterocycles. The highest BCUT2D eigenvalue weighted by atomic mass is 32.2. The van der Waals surface area contributed by atoms with E-state index in [0.717, 1.165) is 24.2 Å². The molecule has 1 aromatic heterocycles. The fourth-order valence-electron chi connectivity index (χ4n) is 3.26. The number of ether oxygens (including phenoxy) is 2. The van der Waals surface area contributed by atoms with Crippen molar-refractivity contribution < 1.29 is 14.3 Å². The van der Waals surface area contributed by atoms with Gasteiger partial charge in [0.05, 0.1) is 19.3 Å². The molecule has 156 valence electrons. The fraction of sp³-hybridized carbons (Fsp3) is 0.450. The van der Waals surface area contributed by atoms with Gasteiger partial charge in [0.15, 0.2) is 11.5 Å². The van der Waals surface area contributed by atoms with Crippen molar-refractivity contribution in [1.82, 2.24) is 14.8 Å². The first-order valence-electron chi connectivity index (χ1n) is 9.67. The van der Waals surface area contributed by atoms with Gasteiger partial charge in [-0.15, -0.1) is 5.10 Å². The zero-order chi connectivity index (χ0) is 21.0. The number of hydrogen-bond donors (Lipinski definition) is 2. The maximum Gasteiger partial charge on any atom is 0.248 e. The van der Waals surface area contributed by atoms with Crippen LogP contribution < -0.4 is 20.5 Å². The molecule has 0 aliphatic carbocycles. The number of primary amides is 1. The summed E-state index contributed by atoms with van der Waals surface area (Å²) in [7, 11) is 1.59. The molecule has 1 aromatic carbocycles. The van der Waals surface area contributed by atoms with E-state index in [9.17, 15) is 4.79 Å². The molecule has 9 heteroatoms. The molecule has 1 amide bonds. The number of amides is 1.